The summed E-state index contributed by atoms with van der Waals surface area (Å²) in [6, 6.07) is 42.4. The minimum absolute atomic E-state index is 0.915. The van der Waals surface area contributed by atoms with Crippen molar-refractivity contribution in [1.29, 1.82) is 0 Å². The first-order chi connectivity index (χ1) is 15.4. The molecule has 0 radical (unpaired) electrons. The Morgan fingerprint density at radius 2 is 0.903 bits per heavy atom. The molecule has 6 rings (SSSR count). The smallest absolute Gasteiger partial charge is 0.143 e. The van der Waals surface area contributed by atoms with Crippen molar-refractivity contribution in [2.24, 2.45) is 0 Å². The molecule has 0 atom stereocenters. The molecule has 1 heteroatoms. The molecule has 0 aliphatic carbocycles. The first kappa shape index (κ1) is 17.7. The lowest BCUT2D eigenvalue weighted by Gasteiger charge is -2.11. The lowest BCUT2D eigenvalue weighted by molar-refractivity contribution is 0.602. The zero-order valence-electron chi connectivity index (χ0n) is 17.0. The normalized spacial score (nSPS) is 11.2. The molecule has 0 aliphatic rings. The summed E-state index contributed by atoms with van der Waals surface area (Å²) in [5.74, 6) is 1.83. The van der Waals surface area contributed by atoms with Crippen LogP contribution in [-0.4, -0.2) is 0 Å². The predicted molar refractivity (Wildman–Crippen MR) is 130 cm³/mol. The van der Waals surface area contributed by atoms with Gasteiger partial charge < -0.3 is 4.42 Å². The van der Waals surface area contributed by atoms with Crippen LogP contribution in [0.25, 0.3) is 55.3 Å². The second-order valence-electron chi connectivity index (χ2n) is 7.74. The van der Waals surface area contributed by atoms with E-state index in [1.807, 2.05) is 6.07 Å². The average Bonchev–Trinajstić information content (AvgIpc) is 3.24. The molecule has 5 aromatic carbocycles. The van der Waals surface area contributed by atoms with Gasteiger partial charge in [0.05, 0.1) is 0 Å². The number of hydrogen-bond acceptors (Lipinski definition) is 1. The number of fused-ring (bicyclic) bond motifs is 2. The van der Waals surface area contributed by atoms with Crippen molar-refractivity contribution in [3.8, 4) is 33.8 Å². The summed E-state index contributed by atoms with van der Waals surface area (Å²) < 4.78 is 6.61. The quantitative estimate of drug-likeness (QED) is 0.292. The van der Waals surface area contributed by atoms with Crippen LogP contribution in [0.3, 0.4) is 0 Å². The Morgan fingerprint density at radius 1 is 0.355 bits per heavy atom. The van der Waals surface area contributed by atoms with E-state index in [2.05, 4.69) is 115 Å². The van der Waals surface area contributed by atoms with Gasteiger partial charge in [-0.25, -0.2) is 0 Å². The van der Waals surface area contributed by atoms with E-state index < -0.39 is 0 Å². The molecule has 0 N–H and O–H groups in total. The first-order valence-corrected chi connectivity index (χ1v) is 10.5. The molecule has 0 fully saturated rings. The standard InChI is InChI=1S/C30H20O/c1-2-12-22(13-3-1)29-27-18-8-9-19-28(27)30(31-29)26-17-7-6-16-25(26)24-20-10-14-21-11-4-5-15-23(21)24/h1-20H. The van der Waals surface area contributed by atoms with Gasteiger partial charge in [-0.15, -0.1) is 0 Å². The largest absolute Gasteiger partial charge is 0.455 e. The van der Waals surface area contributed by atoms with Crippen LogP contribution in [0.2, 0.25) is 0 Å². The average molecular weight is 396 g/mol. The minimum atomic E-state index is 0.915. The topological polar surface area (TPSA) is 13.1 Å². The van der Waals surface area contributed by atoms with E-state index in [1.165, 1.54) is 21.9 Å². The number of furan rings is 1. The molecule has 0 spiro atoms. The molecule has 0 saturated heterocycles. The molecule has 1 heterocycles. The van der Waals surface area contributed by atoms with Crippen LogP contribution in [0, 0.1) is 0 Å². The van der Waals surface area contributed by atoms with Crippen LogP contribution in [0.5, 0.6) is 0 Å². The van der Waals surface area contributed by atoms with Gasteiger partial charge in [-0.1, -0.05) is 121 Å². The number of hydrogen-bond donors (Lipinski definition) is 0. The first-order valence-electron chi connectivity index (χ1n) is 10.5. The monoisotopic (exact) mass is 396 g/mol. The Balaban J connectivity index is 1.64. The summed E-state index contributed by atoms with van der Waals surface area (Å²) in [7, 11) is 0. The minimum Gasteiger partial charge on any atom is -0.455 e. The SMILES string of the molecule is c1ccc(-c2oc(-c3ccccc3-c3cccc4ccccc34)c3ccccc23)cc1. The van der Waals surface area contributed by atoms with E-state index in [4.69, 9.17) is 4.42 Å². The molecule has 0 amide bonds. The summed E-state index contributed by atoms with van der Waals surface area (Å²) in [5.41, 5.74) is 4.60. The van der Waals surface area contributed by atoms with Crippen molar-refractivity contribution >= 4 is 21.5 Å². The van der Waals surface area contributed by atoms with Gasteiger partial charge in [-0.2, -0.15) is 0 Å². The maximum absolute atomic E-state index is 6.61. The van der Waals surface area contributed by atoms with Gasteiger partial charge in [0.25, 0.3) is 0 Å². The van der Waals surface area contributed by atoms with Crippen molar-refractivity contribution in [2.75, 3.05) is 0 Å². The third-order valence-corrected chi connectivity index (χ3v) is 5.91. The van der Waals surface area contributed by atoms with E-state index in [9.17, 15) is 0 Å². The zero-order valence-corrected chi connectivity index (χ0v) is 17.0. The highest BCUT2D eigenvalue weighted by Gasteiger charge is 2.19. The van der Waals surface area contributed by atoms with E-state index in [-0.39, 0.29) is 0 Å². The molecule has 1 aromatic heterocycles. The van der Waals surface area contributed by atoms with Gasteiger partial charge in [-0.05, 0) is 21.9 Å². The highest BCUT2D eigenvalue weighted by molar-refractivity contribution is 6.07. The summed E-state index contributed by atoms with van der Waals surface area (Å²) in [6.07, 6.45) is 0. The van der Waals surface area contributed by atoms with Gasteiger partial charge in [0.1, 0.15) is 11.5 Å². The summed E-state index contributed by atoms with van der Waals surface area (Å²) in [6.45, 7) is 0. The Labute approximate surface area is 181 Å². The van der Waals surface area contributed by atoms with E-state index in [0.29, 0.717) is 0 Å². The highest BCUT2D eigenvalue weighted by atomic mass is 16.3. The Hall–Kier alpha value is -4.10. The number of rotatable bonds is 3. The highest BCUT2D eigenvalue weighted by Crippen LogP contribution is 2.43. The second-order valence-corrected chi connectivity index (χ2v) is 7.74. The van der Waals surface area contributed by atoms with Gasteiger partial charge in [0, 0.05) is 21.9 Å². The molecule has 1 nitrogen and oxygen atoms in total. The maximum atomic E-state index is 6.61. The van der Waals surface area contributed by atoms with Crippen molar-refractivity contribution in [2.45, 2.75) is 0 Å². The van der Waals surface area contributed by atoms with Crippen LogP contribution in [-0.2, 0) is 0 Å². The van der Waals surface area contributed by atoms with E-state index in [1.54, 1.807) is 0 Å². The van der Waals surface area contributed by atoms with Gasteiger partial charge in [0.2, 0.25) is 0 Å². The lowest BCUT2D eigenvalue weighted by Crippen LogP contribution is -1.86. The maximum Gasteiger partial charge on any atom is 0.143 e. The fourth-order valence-electron chi connectivity index (χ4n) is 4.47. The summed E-state index contributed by atoms with van der Waals surface area (Å²) in [5, 5.41) is 4.76. The van der Waals surface area contributed by atoms with Crippen LogP contribution in [0.4, 0.5) is 0 Å². The molecule has 0 aliphatic heterocycles. The van der Waals surface area contributed by atoms with E-state index in [0.717, 1.165) is 33.4 Å². The third kappa shape index (κ3) is 2.94. The van der Waals surface area contributed by atoms with Gasteiger partial charge in [-0.3, -0.25) is 0 Å². The van der Waals surface area contributed by atoms with Crippen molar-refractivity contribution < 1.29 is 4.42 Å². The lowest BCUT2D eigenvalue weighted by atomic mass is 9.93. The molecule has 146 valence electrons. The Morgan fingerprint density at radius 3 is 1.71 bits per heavy atom. The Bertz CT molecular complexity index is 1520. The number of benzene rings is 5. The van der Waals surface area contributed by atoms with Crippen LogP contribution >= 0.6 is 0 Å². The predicted octanol–water partition coefficient (Wildman–Crippen LogP) is 8.59. The van der Waals surface area contributed by atoms with Crippen LogP contribution in [0.15, 0.2) is 126 Å². The third-order valence-electron chi connectivity index (χ3n) is 5.91. The molecular formula is C30H20O. The molecule has 6 aromatic rings. The van der Waals surface area contributed by atoms with Crippen molar-refractivity contribution in [3.05, 3.63) is 121 Å². The molecular weight excluding hydrogens is 376 g/mol. The van der Waals surface area contributed by atoms with E-state index >= 15 is 0 Å². The fourth-order valence-corrected chi connectivity index (χ4v) is 4.47. The molecule has 0 unspecified atom stereocenters. The van der Waals surface area contributed by atoms with Crippen molar-refractivity contribution in [3.63, 3.8) is 0 Å². The van der Waals surface area contributed by atoms with Crippen LogP contribution in [0.1, 0.15) is 0 Å². The Kier molecular flexibility index (Phi) is 4.18. The second kappa shape index (κ2) is 7.30. The van der Waals surface area contributed by atoms with Crippen molar-refractivity contribution in [1.82, 2.24) is 0 Å². The molecule has 0 bridgehead atoms. The van der Waals surface area contributed by atoms with Gasteiger partial charge in [0.15, 0.2) is 0 Å². The summed E-state index contributed by atoms with van der Waals surface area (Å²) in [4.78, 5) is 0. The molecule has 31 heavy (non-hydrogen) atoms. The van der Waals surface area contributed by atoms with Gasteiger partial charge >= 0.3 is 0 Å². The zero-order chi connectivity index (χ0) is 20.6. The molecule has 0 saturated carbocycles. The fraction of sp³-hybridized carbons (Fsp3) is 0. The van der Waals surface area contributed by atoms with Crippen LogP contribution < -0.4 is 0 Å². The summed E-state index contributed by atoms with van der Waals surface area (Å²) >= 11 is 0.